The zero-order chi connectivity index (χ0) is 17.5. The van der Waals surface area contributed by atoms with Gasteiger partial charge in [-0.2, -0.15) is 0 Å². The van der Waals surface area contributed by atoms with Crippen molar-refractivity contribution in [1.82, 2.24) is 0 Å². The number of hydrogen-bond acceptors (Lipinski definition) is 3. The Balaban J connectivity index is 2.03. The molecule has 0 saturated heterocycles. The van der Waals surface area contributed by atoms with Crippen molar-refractivity contribution in [3.05, 3.63) is 58.7 Å². The van der Waals surface area contributed by atoms with Gasteiger partial charge in [0.05, 0.1) is 0 Å². The molecule has 3 nitrogen and oxygen atoms in total. The second-order valence-corrected chi connectivity index (χ2v) is 6.15. The molecule has 0 bridgehead atoms. The average Bonchev–Trinajstić information content (AvgIpc) is 2.53. The molecule has 0 aliphatic carbocycles. The molecular weight excluding hydrogens is 300 g/mol. The fraction of sp³-hybridized carbons (Fsp3) is 0.381. The van der Waals surface area contributed by atoms with E-state index in [1.165, 1.54) is 11.1 Å². The van der Waals surface area contributed by atoms with Crippen LogP contribution in [0.25, 0.3) is 0 Å². The minimum atomic E-state index is -0.701. The van der Waals surface area contributed by atoms with Crippen LogP contribution in [0, 0.1) is 13.8 Å². The van der Waals surface area contributed by atoms with Crippen LogP contribution in [-0.2, 0) is 12.8 Å². The van der Waals surface area contributed by atoms with E-state index in [1.807, 2.05) is 38.1 Å². The van der Waals surface area contributed by atoms with Crippen LogP contribution >= 0.6 is 0 Å². The third-order valence-corrected chi connectivity index (χ3v) is 3.94. The maximum Gasteiger partial charge on any atom is 0.519 e. The molecule has 0 aliphatic rings. The highest BCUT2D eigenvalue weighted by atomic mass is 16.7. The molecule has 0 aromatic heterocycles. The molecule has 0 spiro atoms. The number of carbonyl (C=O) groups is 1. The highest BCUT2D eigenvalue weighted by molar-refractivity contribution is 5.68. The van der Waals surface area contributed by atoms with Crippen LogP contribution in [0.3, 0.4) is 0 Å². The Morgan fingerprint density at radius 3 is 1.54 bits per heavy atom. The third kappa shape index (κ3) is 4.85. The largest absolute Gasteiger partial charge is 0.519 e. The van der Waals surface area contributed by atoms with Gasteiger partial charge in [-0.1, -0.05) is 51.0 Å². The van der Waals surface area contributed by atoms with E-state index in [-0.39, 0.29) is 0 Å². The number of ether oxygens (including phenoxy) is 2. The number of aryl methyl sites for hydroxylation is 4. The molecule has 0 amide bonds. The van der Waals surface area contributed by atoms with E-state index in [4.69, 9.17) is 9.47 Å². The molecule has 3 heteroatoms. The first-order chi connectivity index (χ1) is 11.5. The number of carbonyl (C=O) groups excluding carboxylic acids is 1. The summed E-state index contributed by atoms with van der Waals surface area (Å²) in [6, 6.07) is 11.7. The monoisotopic (exact) mass is 326 g/mol. The van der Waals surface area contributed by atoms with Crippen molar-refractivity contribution in [3.8, 4) is 11.5 Å². The molecule has 2 aromatic carbocycles. The van der Waals surface area contributed by atoms with Crippen molar-refractivity contribution >= 4 is 6.16 Å². The minimum Gasteiger partial charge on any atom is -0.394 e. The lowest BCUT2D eigenvalue weighted by Crippen LogP contribution is -2.15. The lowest BCUT2D eigenvalue weighted by Gasteiger charge is -2.11. The summed E-state index contributed by atoms with van der Waals surface area (Å²) in [6.45, 7) is 8.16. The molecule has 2 rings (SSSR count). The smallest absolute Gasteiger partial charge is 0.394 e. The van der Waals surface area contributed by atoms with Crippen LogP contribution in [0.2, 0.25) is 0 Å². The summed E-state index contributed by atoms with van der Waals surface area (Å²) in [4.78, 5) is 12.1. The Hall–Kier alpha value is -2.29. The van der Waals surface area contributed by atoms with Gasteiger partial charge in [0.1, 0.15) is 11.5 Å². The highest BCUT2D eigenvalue weighted by Crippen LogP contribution is 2.23. The number of rotatable bonds is 6. The summed E-state index contributed by atoms with van der Waals surface area (Å²) in [5.41, 5.74) is 4.37. The first kappa shape index (κ1) is 18.1. The summed E-state index contributed by atoms with van der Waals surface area (Å²) in [7, 11) is 0. The summed E-state index contributed by atoms with van der Waals surface area (Å²) < 4.78 is 10.7. The average molecular weight is 326 g/mol. The van der Waals surface area contributed by atoms with Gasteiger partial charge in [0.15, 0.2) is 0 Å². The molecule has 128 valence electrons. The normalized spacial score (nSPS) is 10.5. The van der Waals surface area contributed by atoms with Gasteiger partial charge < -0.3 is 9.47 Å². The topological polar surface area (TPSA) is 35.5 Å². The number of hydrogen-bond donors (Lipinski definition) is 0. The van der Waals surface area contributed by atoms with E-state index >= 15 is 0 Å². The van der Waals surface area contributed by atoms with Gasteiger partial charge in [0.2, 0.25) is 0 Å². The second-order valence-electron chi connectivity index (χ2n) is 6.15. The van der Waals surface area contributed by atoms with Crippen LogP contribution in [0.5, 0.6) is 11.5 Å². The first-order valence-electron chi connectivity index (χ1n) is 8.62. The predicted molar refractivity (Wildman–Crippen MR) is 97.0 cm³/mol. The molecule has 0 unspecified atom stereocenters. The molecule has 0 saturated carbocycles. The third-order valence-electron chi connectivity index (χ3n) is 3.94. The van der Waals surface area contributed by atoms with Crippen molar-refractivity contribution in [2.75, 3.05) is 0 Å². The molecule has 0 fully saturated rings. The highest BCUT2D eigenvalue weighted by Gasteiger charge is 2.12. The molecule has 24 heavy (non-hydrogen) atoms. The van der Waals surface area contributed by atoms with E-state index in [2.05, 4.69) is 26.0 Å². The Bertz CT molecular complexity index is 645. The first-order valence-corrected chi connectivity index (χ1v) is 8.62. The number of benzene rings is 2. The van der Waals surface area contributed by atoms with E-state index in [0.717, 1.165) is 36.8 Å². The maximum absolute atomic E-state index is 12.1. The molecule has 0 aliphatic heterocycles. The Morgan fingerprint density at radius 1 is 0.792 bits per heavy atom. The Morgan fingerprint density at radius 2 is 1.21 bits per heavy atom. The van der Waals surface area contributed by atoms with Crippen molar-refractivity contribution in [3.63, 3.8) is 0 Å². The fourth-order valence-electron chi connectivity index (χ4n) is 2.74. The van der Waals surface area contributed by atoms with E-state index in [1.54, 1.807) is 0 Å². The fourth-order valence-corrected chi connectivity index (χ4v) is 2.74. The van der Waals surface area contributed by atoms with E-state index in [9.17, 15) is 4.79 Å². The van der Waals surface area contributed by atoms with Gasteiger partial charge >= 0.3 is 6.16 Å². The quantitative estimate of drug-likeness (QED) is 0.498. The summed E-state index contributed by atoms with van der Waals surface area (Å²) in [5.74, 6) is 1.08. The van der Waals surface area contributed by atoms with Gasteiger partial charge in [-0.25, -0.2) is 4.79 Å². The molecule has 0 heterocycles. The molecule has 2 aromatic rings. The van der Waals surface area contributed by atoms with Gasteiger partial charge in [-0.3, -0.25) is 0 Å². The summed E-state index contributed by atoms with van der Waals surface area (Å²) in [6.07, 6.45) is 3.53. The SMILES string of the molecule is CCCc1ccc(OC(=O)Oc2ccc(CCC)cc2C)c(C)c1. The van der Waals surface area contributed by atoms with Gasteiger partial charge in [-0.05, 0) is 61.1 Å². The molecule has 0 radical (unpaired) electrons. The van der Waals surface area contributed by atoms with Crippen LogP contribution in [-0.4, -0.2) is 6.16 Å². The second kappa shape index (κ2) is 8.53. The zero-order valence-electron chi connectivity index (χ0n) is 15.0. The van der Waals surface area contributed by atoms with Crippen molar-refractivity contribution in [1.29, 1.82) is 0 Å². The van der Waals surface area contributed by atoms with Crippen LogP contribution in [0.15, 0.2) is 36.4 Å². The summed E-state index contributed by atoms with van der Waals surface area (Å²) >= 11 is 0. The summed E-state index contributed by atoms with van der Waals surface area (Å²) in [5, 5.41) is 0. The van der Waals surface area contributed by atoms with Crippen molar-refractivity contribution in [2.24, 2.45) is 0 Å². The van der Waals surface area contributed by atoms with Gasteiger partial charge in [0, 0.05) is 0 Å². The van der Waals surface area contributed by atoms with Crippen molar-refractivity contribution < 1.29 is 14.3 Å². The van der Waals surface area contributed by atoms with Crippen LogP contribution in [0.4, 0.5) is 4.79 Å². The van der Waals surface area contributed by atoms with Crippen LogP contribution < -0.4 is 9.47 Å². The van der Waals surface area contributed by atoms with Gasteiger partial charge in [-0.15, -0.1) is 0 Å². The molecule has 0 N–H and O–H groups in total. The predicted octanol–water partition coefficient (Wildman–Crippen LogP) is 5.79. The maximum atomic E-state index is 12.1. The Kier molecular flexibility index (Phi) is 6.42. The van der Waals surface area contributed by atoms with Gasteiger partial charge in [0.25, 0.3) is 0 Å². The van der Waals surface area contributed by atoms with E-state index < -0.39 is 6.16 Å². The standard InChI is InChI=1S/C21H26O3/c1-5-7-17-9-11-19(15(3)13-17)23-21(22)24-20-12-10-18(8-6-2)14-16(20)4/h9-14H,5-8H2,1-4H3. The zero-order valence-corrected chi connectivity index (χ0v) is 15.0. The lowest BCUT2D eigenvalue weighted by molar-refractivity contribution is 0.151. The Labute approximate surface area is 144 Å². The van der Waals surface area contributed by atoms with Crippen molar-refractivity contribution in [2.45, 2.75) is 53.4 Å². The van der Waals surface area contributed by atoms with E-state index in [0.29, 0.717) is 11.5 Å². The van der Waals surface area contributed by atoms with Crippen LogP contribution in [0.1, 0.15) is 48.9 Å². The minimum absolute atomic E-state index is 0.542. The molecular formula is C21H26O3. The molecule has 0 atom stereocenters. The lowest BCUT2D eigenvalue weighted by atomic mass is 10.1.